The molecule has 0 radical (unpaired) electrons. The molecule has 0 saturated carbocycles. The molecule has 0 N–H and O–H groups in total. The molecule has 0 aliphatic heterocycles. The van der Waals surface area contributed by atoms with Crippen LogP contribution in [0.2, 0.25) is 0 Å². The van der Waals surface area contributed by atoms with E-state index in [9.17, 15) is 0 Å². The maximum Gasteiger partial charge on any atom is 0.0130 e. The molecule has 0 aliphatic rings. The number of hydrogen-bond acceptors (Lipinski definition) is 0. The van der Waals surface area contributed by atoms with E-state index >= 15 is 0 Å². The third kappa shape index (κ3) is 3.66. The Bertz CT molecular complexity index is 1060. The van der Waals surface area contributed by atoms with E-state index in [-0.39, 0.29) is 5.41 Å². The molecule has 0 fully saturated rings. The van der Waals surface area contributed by atoms with Gasteiger partial charge in [0.05, 0.1) is 0 Å². The molecule has 0 aromatic heterocycles. The summed E-state index contributed by atoms with van der Waals surface area (Å²) in [6.45, 7) is 6.69. The van der Waals surface area contributed by atoms with Crippen molar-refractivity contribution >= 4 is 54.9 Å². The lowest BCUT2D eigenvalue weighted by Gasteiger charge is -2.18. The van der Waals surface area contributed by atoms with Gasteiger partial charge in [-0.05, 0) is 78.0 Å². The largest absolute Gasteiger partial charge is 0.0610 e. The maximum atomic E-state index is 2.32. The smallest absolute Gasteiger partial charge is 0.0130 e. The Hall–Kier alpha value is -2.13. The Morgan fingerprint density at radius 1 is 0.519 bits per heavy atom. The second-order valence-corrected chi connectivity index (χ2v) is 9.29. The van der Waals surface area contributed by atoms with Gasteiger partial charge in [-0.25, -0.2) is 0 Å². The summed E-state index contributed by atoms with van der Waals surface area (Å²) in [5.41, 5.74) is 1.68. The van der Waals surface area contributed by atoms with E-state index < -0.39 is 0 Å². The fourth-order valence-corrected chi connectivity index (χ4v) is 3.98. The van der Waals surface area contributed by atoms with Crippen LogP contribution in [-0.4, -0.2) is 0 Å². The van der Waals surface area contributed by atoms with Crippen molar-refractivity contribution in [1.82, 2.24) is 0 Å². The van der Waals surface area contributed by atoms with Crippen LogP contribution >= 0.6 is 22.6 Å². The summed E-state index contributed by atoms with van der Waals surface area (Å²) in [5, 5.41) is 8.14. The van der Waals surface area contributed by atoms with Gasteiger partial charge in [-0.3, -0.25) is 0 Å². The minimum Gasteiger partial charge on any atom is -0.0610 e. The van der Waals surface area contributed by atoms with Gasteiger partial charge in [0.15, 0.2) is 0 Å². The molecule has 0 aliphatic carbocycles. The summed E-state index contributed by atoms with van der Waals surface area (Å²) in [6.07, 6.45) is 0. The summed E-state index contributed by atoms with van der Waals surface area (Å²) in [4.78, 5) is 0. The fourth-order valence-electron chi connectivity index (χ4n) is 3.62. The highest BCUT2D eigenvalue weighted by atomic mass is 127. The first-order valence-electron chi connectivity index (χ1n) is 9.32. The van der Waals surface area contributed by atoms with E-state index in [1.54, 1.807) is 0 Å². The van der Waals surface area contributed by atoms with Crippen LogP contribution in [0.5, 0.6) is 0 Å². The van der Waals surface area contributed by atoms with Gasteiger partial charge in [0.2, 0.25) is 0 Å². The summed E-state index contributed by atoms with van der Waals surface area (Å²) < 4.78 is 1.30. The molecule has 134 valence electrons. The molecule has 0 heterocycles. The molecule has 0 bridgehead atoms. The van der Waals surface area contributed by atoms with Gasteiger partial charge < -0.3 is 0 Å². The van der Waals surface area contributed by atoms with E-state index in [0.717, 1.165) is 0 Å². The zero-order chi connectivity index (χ0) is 19.0. The van der Waals surface area contributed by atoms with Crippen molar-refractivity contribution in [3.05, 3.63) is 94.1 Å². The lowest BCUT2D eigenvalue weighted by molar-refractivity contribution is 0.590. The Morgan fingerprint density at radius 3 is 1.22 bits per heavy atom. The quantitative estimate of drug-likeness (QED) is 0.161. The molecule has 5 rings (SSSR count). The molecule has 5 aromatic carbocycles. The second-order valence-electron chi connectivity index (χ2n) is 8.05. The average molecular weight is 462 g/mol. The van der Waals surface area contributed by atoms with Crippen molar-refractivity contribution in [2.24, 2.45) is 0 Å². The van der Waals surface area contributed by atoms with Gasteiger partial charge in [0.1, 0.15) is 0 Å². The number of hydrogen-bond donors (Lipinski definition) is 0. The molecule has 0 atom stereocenters. The first-order chi connectivity index (χ1) is 12.9. The predicted molar refractivity (Wildman–Crippen MR) is 128 cm³/mol. The highest BCUT2D eigenvalue weighted by Gasteiger charge is 2.12. The van der Waals surface area contributed by atoms with E-state index in [1.807, 2.05) is 0 Å². The summed E-state index contributed by atoms with van der Waals surface area (Å²) in [6, 6.07) is 30.6. The topological polar surface area (TPSA) is 0 Å². The van der Waals surface area contributed by atoms with Crippen molar-refractivity contribution in [2.75, 3.05) is 0 Å². The van der Waals surface area contributed by atoms with Gasteiger partial charge in [-0.1, -0.05) is 93.6 Å². The van der Waals surface area contributed by atoms with Crippen LogP contribution in [0, 0.1) is 3.57 Å². The maximum absolute atomic E-state index is 2.32. The average Bonchev–Trinajstić information content (AvgIpc) is 2.66. The lowest BCUT2D eigenvalue weighted by atomic mass is 9.87. The van der Waals surface area contributed by atoms with Crippen molar-refractivity contribution in [3.8, 4) is 0 Å². The number of rotatable bonds is 0. The highest BCUT2D eigenvalue weighted by Crippen LogP contribution is 2.33. The van der Waals surface area contributed by atoms with Crippen molar-refractivity contribution in [2.45, 2.75) is 26.2 Å². The Labute approximate surface area is 174 Å². The minimum absolute atomic E-state index is 0.282. The Morgan fingerprint density at radius 2 is 0.889 bits per heavy atom. The van der Waals surface area contributed by atoms with Crippen molar-refractivity contribution in [1.29, 1.82) is 0 Å². The monoisotopic (exact) mass is 462 g/mol. The van der Waals surface area contributed by atoms with Crippen LogP contribution in [-0.2, 0) is 5.41 Å². The predicted octanol–water partition coefficient (Wildman–Crippen LogP) is 8.17. The van der Waals surface area contributed by atoms with E-state index in [4.69, 9.17) is 0 Å². The molecular formula is C26H23I. The molecule has 5 aromatic rings. The van der Waals surface area contributed by atoms with Crippen LogP contribution in [0.25, 0.3) is 32.3 Å². The van der Waals surface area contributed by atoms with E-state index in [2.05, 4.69) is 128 Å². The van der Waals surface area contributed by atoms with Gasteiger partial charge in [-0.2, -0.15) is 0 Å². The lowest BCUT2D eigenvalue weighted by Crippen LogP contribution is -2.10. The van der Waals surface area contributed by atoms with E-state index in [0.29, 0.717) is 0 Å². The molecule has 0 nitrogen and oxygen atoms in total. The van der Waals surface area contributed by atoms with E-state index in [1.165, 1.54) is 41.5 Å². The highest BCUT2D eigenvalue weighted by molar-refractivity contribution is 14.1. The minimum atomic E-state index is 0.282. The van der Waals surface area contributed by atoms with Crippen molar-refractivity contribution in [3.63, 3.8) is 0 Å². The zero-order valence-electron chi connectivity index (χ0n) is 16.0. The number of benzene rings is 5. The van der Waals surface area contributed by atoms with Crippen LogP contribution in [0.3, 0.4) is 0 Å². The van der Waals surface area contributed by atoms with Gasteiger partial charge in [-0.15, -0.1) is 0 Å². The van der Waals surface area contributed by atoms with Crippen LogP contribution < -0.4 is 0 Å². The standard InChI is InChI=1S/C16H10.C10H13I/c1-3-11-7-9-13-5-2-6-14-10-8-12(4-1)15(11)16(13)14;1-10(2,3)8-4-6-9(11)7-5-8/h1-10H;4-7H,1-3H3. The van der Waals surface area contributed by atoms with Gasteiger partial charge in [0, 0.05) is 3.57 Å². The zero-order valence-corrected chi connectivity index (χ0v) is 18.1. The molecule has 0 unspecified atom stereocenters. The van der Waals surface area contributed by atoms with Crippen molar-refractivity contribution < 1.29 is 0 Å². The first kappa shape index (κ1) is 18.2. The van der Waals surface area contributed by atoms with Crippen LogP contribution in [0.1, 0.15) is 26.3 Å². The molecule has 0 spiro atoms. The Balaban J connectivity index is 0.000000145. The molecule has 27 heavy (non-hydrogen) atoms. The molecule has 1 heteroatoms. The second kappa shape index (κ2) is 7.12. The fraction of sp³-hybridized carbons (Fsp3) is 0.154. The van der Waals surface area contributed by atoms with Gasteiger partial charge in [0.25, 0.3) is 0 Å². The SMILES string of the molecule is CC(C)(C)c1ccc(I)cc1.c1cc2ccc3cccc4ccc(c1)c2c34. The third-order valence-corrected chi connectivity index (χ3v) is 5.82. The van der Waals surface area contributed by atoms with Crippen LogP contribution in [0.4, 0.5) is 0 Å². The molecule has 0 saturated heterocycles. The molecular weight excluding hydrogens is 439 g/mol. The Kier molecular flexibility index (Phi) is 4.81. The number of halogens is 1. The van der Waals surface area contributed by atoms with Gasteiger partial charge >= 0.3 is 0 Å². The summed E-state index contributed by atoms with van der Waals surface area (Å²) in [7, 11) is 0. The normalized spacial score (nSPS) is 11.7. The third-order valence-electron chi connectivity index (χ3n) is 5.10. The first-order valence-corrected chi connectivity index (χ1v) is 10.4. The molecule has 0 amide bonds. The van der Waals surface area contributed by atoms with Crippen LogP contribution in [0.15, 0.2) is 84.9 Å². The summed E-state index contributed by atoms with van der Waals surface area (Å²) in [5.74, 6) is 0. The summed E-state index contributed by atoms with van der Waals surface area (Å²) >= 11 is 2.32.